The Morgan fingerprint density at radius 2 is 2.07 bits per heavy atom. The Hall–Kier alpha value is -2.39. The van der Waals surface area contributed by atoms with Crippen molar-refractivity contribution in [3.05, 3.63) is 34.2 Å². The molecule has 2 rings (SSSR count). The number of nitrogens with one attached hydrogen (secondary N) is 3. The second-order valence-electron chi connectivity index (χ2n) is 5.65. The first kappa shape index (κ1) is 20.9. The zero-order valence-electron chi connectivity index (χ0n) is 15.2. The molecule has 0 aliphatic carbocycles. The zero-order chi connectivity index (χ0) is 20.2. The molecule has 0 bridgehead atoms. The van der Waals surface area contributed by atoms with Crippen LogP contribution in [0.2, 0.25) is 0 Å². The van der Waals surface area contributed by atoms with Gasteiger partial charge < -0.3 is 20.4 Å². The fourth-order valence-electron chi connectivity index (χ4n) is 2.55. The Labute approximate surface area is 161 Å². The average molecular weight is 413 g/mol. The maximum atomic E-state index is 12.5. The number of H-pyrrole nitrogens is 1. The van der Waals surface area contributed by atoms with Crippen molar-refractivity contribution in [1.82, 2.24) is 9.97 Å². The Balaban J connectivity index is 2.76. The van der Waals surface area contributed by atoms with Gasteiger partial charge in [0, 0.05) is 17.7 Å². The summed E-state index contributed by atoms with van der Waals surface area (Å²) in [7, 11) is 3.03. The second-order valence-corrected chi connectivity index (χ2v) is 8.21. The molecule has 8 nitrogen and oxygen atoms in total. The number of halogens is 1. The van der Waals surface area contributed by atoms with E-state index in [0.29, 0.717) is 18.8 Å². The van der Waals surface area contributed by atoms with Crippen molar-refractivity contribution in [3.8, 4) is 17.1 Å². The van der Waals surface area contributed by atoms with Crippen LogP contribution in [0.15, 0.2) is 27.9 Å². The van der Waals surface area contributed by atoms with Gasteiger partial charge in [-0.1, -0.05) is 13.3 Å². The van der Waals surface area contributed by atoms with Crippen LogP contribution in [0.4, 0.5) is 5.69 Å². The third-order valence-corrected chi connectivity index (χ3v) is 5.09. The van der Waals surface area contributed by atoms with Crippen molar-refractivity contribution >= 4 is 31.1 Å². The summed E-state index contributed by atoms with van der Waals surface area (Å²) in [5.41, 5.74) is 0.382. The first-order valence-electron chi connectivity index (χ1n) is 8.34. The summed E-state index contributed by atoms with van der Waals surface area (Å²) in [6.07, 6.45) is 1.16. The molecule has 0 atom stereocenters. The van der Waals surface area contributed by atoms with Gasteiger partial charge in [0.25, 0.3) is 14.6 Å². The van der Waals surface area contributed by atoms with E-state index in [-0.39, 0.29) is 33.4 Å². The molecule has 0 amide bonds. The maximum absolute atomic E-state index is 12.5. The quantitative estimate of drug-likeness (QED) is 0.452. The van der Waals surface area contributed by atoms with Crippen molar-refractivity contribution in [2.24, 2.45) is 0 Å². The lowest BCUT2D eigenvalue weighted by atomic mass is 10.1. The highest BCUT2D eigenvalue weighted by atomic mass is 35.7. The molecule has 146 valence electrons. The van der Waals surface area contributed by atoms with Gasteiger partial charge in [-0.15, -0.1) is 0 Å². The third-order valence-electron chi connectivity index (χ3n) is 3.74. The van der Waals surface area contributed by atoms with Crippen LogP contribution >= 0.6 is 10.7 Å². The Kier molecular flexibility index (Phi) is 6.61. The summed E-state index contributed by atoms with van der Waals surface area (Å²) in [5.74, 6) is 0.440. The molecular formula is C17H21ClN4O4S. The fourth-order valence-corrected chi connectivity index (χ4v) is 3.32. The first-order valence-corrected chi connectivity index (χ1v) is 10.7. The number of benzene rings is 1. The molecule has 1 heterocycles. The predicted molar refractivity (Wildman–Crippen MR) is 106 cm³/mol. The molecule has 1 aromatic heterocycles. The summed E-state index contributed by atoms with van der Waals surface area (Å²) < 4.78 is 28.9. The van der Waals surface area contributed by atoms with Gasteiger partial charge >= 0.3 is 0 Å². The van der Waals surface area contributed by atoms with E-state index < -0.39 is 14.6 Å². The van der Waals surface area contributed by atoms with Crippen LogP contribution in [0.5, 0.6) is 5.75 Å². The Morgan fingerprint density at radius 3 is 2.63 bits per heavy atom. The maximum Gasteiger partial charge on any atom is 0.275 e. The topological polar surface area (TPSA) is 125 Å². The van der Waals surface area contributed by atoms with Gasteiger partial charge in [-0.3, -0.25) is 4.79 Å². The number of ether oxygens (including phenoxy) is 1. The summed E-state index contributed by atoms with van der Waals surface area (Å²) in [5, 5.41) is 11.0. The van der Waals surface area contributed by atoms with Gasteiger partial charge in [-0.2, -0.15) is 0 Å². The van der Waals surface area contributed by atoms with Crippen molar-refractivity contribution in [1.29, 1.82) is 5.41 Å². The molecular weight excluding hydrogens is 392 g/mol. The molecule has 0 spiro atoms. The van der Waals surface area contributed by atoms with Crippen LogP contribution in [-0.2, 0) is 9.05 Å². The lowest BCUT2D eigenvalue weighted by Gasteiger charge is -2.14. The minimum absolute atomic E-state index is 0.0977. The summed E-state index contributed by atoms with van der Waals surface area (Å²) in [6.45, 7) is 4.03. The van der Waals surface area contributed by atoms with E-state index in [1.54, 1.807) is 14.0 Å². The molecule has 0 fully saturated rings. The third kappa shape index (κ3) is 4.67. The van der Waals surface area contributed by atoms with Crippen molar-refractivity contribution < 1.29 is 13.2 Å². The molecule has 0 saturated carbocycles. The number of nitrogens with zero attached hydrogens (tertiary/aromatic N) is 1. The Bertz CT molecular complexity index is 1020. The van der Waals surface area contributed by atoms with Crippen LogP contribution in [0.1, 0.15) is 32.4 Å². The number of hydrogen-bond donors (Lipinski definition) is 3. The van der Waals surface area contributed by atoms with Gasteiger partial charge in [-0.25, -0.2) is 13.4 Å². The number of rotatable bonds is 8. The van der Waals surface area contributed by atoms with Crippen LogP contribution < -0.4 is 15.6 Å². The number of anilines is 1. The minimum Gasteiger partial charge on any atom is -0.493 e. The lowest BCUT2D eigenvalue weighted by molar-refractivity contribution is 0.341. The molecule has 10 heteroatoms. The molecule has 0 aliphatic rings. The van der Waals surface area contributed by atoms with Crippen molar-refractivity contribution in [2.75, 3.05) is 19.0 Å². The van der Waals surface area contributed by atoms with Crippen molar-refractivity contribution in [3.63, 3.8) is 0 Å². The van der Waals surface area contributed by atoms with Crippen LogP contribution in [0.25, 0.3) is 11.4 Å². The molecule has 0 unspecified atom stereocenters. The molecule has 1 aromatic carbocycles. The molecule has 0 saturated heterocycles. The molecule has 0 aliphatic heterocycles. The highest BCUT2D eigenvalue weighted by molar-refractivity contribution is 8.13. The smallest absolute Gasteiger partial charge is 0.275 e. The van der Waals surface area contributed by atoms with E-state index >= 15 is 0 Å². The van der Waals surface area contributed by atoms with E-state index in [9.17, 15) is 13.2 Å². The SMILES string of the molecule is CCCC(=N)c1nc(-c2cc(S(=O)(=O)Cl)ccc2OCC)[nH]c(=O)c1NC. The predicted octanol–water partition coefficient (Wildman–Crippen LogP) is 2.97. The molecule has 27 heavy (non-hydrogen) atoms. The van der Waals surface area contributed by atoms with E-state index in [0.717, 1.165) is 6.42 Å². The van der Waals surface area contributed by atoms with Crippen LogP contribution in [-0.4, -0.2) is 37.8 Å². The highest BCUT2D eigenvalue weighted by Gasteiger charge is 2.20. The summed E-state index contributed by atoms with van der Waals surface area (Å²) in [4.78, 5) is 19.4. The van der Waals surface area contributed by atoms with Gasteiger partial charge in [0.1, 0.15) is 23.0 Å². The minimum atomic E-state index is -3.98. The summed E-state index contributed by atoms with van der Waals surface area (Å²) in [6, 6.07) is 4.06. The van der Waals surface area contributed by atoms with Gasteiger partial charge in [0.05, 0.1) is 22.8 Å². The number of hydrogen-bond acceptors (Lipinski definition) is 7. The monoisotopic (exact) mass is 412 g/mol. The van der Waals surface area contributed by atoms with E-state index in [1.165, 1.54) is 18.2 Å². The van der Waals surface area contributed by atoms with Crippen LogP contribution in [0.3, 0.4) is 0 Å². The Morgan fingerprint density at radius 1 is 1.37 bits per heavy atom. The van der Waals surface area contributed by atoms with E-state index in [4.69, 9.17) is 20.8 Å². The highest BCUT2D eigenvalue weighted by Crippen LogP contribution is 2.31. The molecule has 0 radical (unpaired) electrons. The van der Waals surface area contributed by atoms with E-state index in [2.05, 4.69) is 15.3 Å². The first-order chi connectivity index (χ1) is 12.7. The normalized spacial score (nSPS) is 11.3. The summed E-state index contributed by atoms with van der Waals surface area (Å²) >= 11 is 0. The van der Waals surface area contributed by atoms with Gasteiger partial charge in [0.2, 0.25) is 0 Å². The largest absolute Gasteiger partial charge is 0.493 e. The fraction of sp³-hybridized carbons (Fsp3) is 0.353. The van der Waals surface area contributed by atoms with Gasteiger partial charge in [-0.05, 0) is 31.5 Å². The number of aromatic nitrogens is 2. The van der Waals surface area contributed by atoms with E-state index in [1.807, 2.05) is 6.92 Å². The lowest BCUT2D eigenvalue weighted by Crippen LogP contribution is -2.20. The second kappa shape index (κ2) is 8.53. The zero-order valence-corrected chi connectivity index (χ0v) is 16.8. The standard InChI is InChI=1S/C17H21ClN4O4S/c1-4-6-12(19)14-15(20-3)17(23)22-16(21-14)11-9-10(27(18,24)25)7-8-13(11)26-5-2/h7-9,19-20H,4-6H2,1-3H3,(H,21,22,23). The van der Waals surface area contributed by atoms with Crippen LogP contribution in [0, 0.1) is 5.41 Å². The molecule has 3 N–H and O–H groups in total. The van der Waals surface area contributed by atoms with Crippen molar-refractivity contribution in [2.45, 2.75) is 31.6 Å². The molecule has 2 aromatic rings. The van der Waals surface area contributed by atoms with Gasteiger partial charge in [0.15, 0.2) is 0 Å². The average Bonchev–Trinajstić information content (AvgIpc) is 2.60. The number of aromatic amines is 1.